The Labute approximate surface area is 122 Å². The van der Waals surface area contributed by atoms with Gasteiger partial charge >= 0.3 is 5.97 Å². The number of nitrogens with zero attached hydrogens (tertiary/aromatic N) is 1. The molecule has 2 N–H and O–H groups in total. The molecule has 1 heterocycles. The van der Waals surface area contributed by atoms with E-state index >= 15 is 0 Å². The Morgan fingerprint density at radius 2 is 2.00 bits per heavy atom. The number of halogens is 1. The Bertz CT molecular complexity index is 573. The van der Waals surface area contributed by atoms with E-state index in [-0.39, 0.29) is 12.5 Å². The minimum Gasteiger partial charge on any atom is -0.481 e. The van der Waals surface area contributed by atoms with Crippen molar-refractivity contribution in [1.29, 1.82) is 0 Å². The molecule has 0 saturated heterocycles. The highest BCUT2D eigenvalue weighted by Crippen LogP contribution is 2.13. The molecule has 110 valence electrons. The van der Waals surface area contributed by atoms with Gasteiger partial charge in [0.1, 0.15) is 11.6 Å². The molecule has 0 aliphatic carbocycles. The Morgan fingerprint density at radius 3 is 2.62 bits per heavy atom. The number of aromatic nitrogens is 1. The summed E-state index contributed by atoms with van der Waals surface area (Å²) in [5, 5.41) is 12.0. The first kappa shape index (κ1) is 15.0. The van der Waals surface area contributed by atoms with E-state index in [0.717, 1.165) is 11.8 Å². The van der Waals surface area contributed by atoms with Crippen LogP contribution in [0.5, 0.6) is 0 Å². The maximum Gasteiger partial charge on any atom is 0.303 e. The van der Waals surface area contributed by atoms with Crippen LogP contribution in [0.15, 0.2) is 48.7 Å². The number of carbonyl (C=O) groups is 1. The Kier molecular flexibility index (Phi) is 5.26. The number of anilines is 1. The lowest BCUT2D eigenvalue weighted by atomic mass is 10.0. The Morgan fingerprint density at radius 1 is 1.24 bits per heavy atom. The van der Waals surface area contributed by atoms with Gasteiger partial charge in [-0.3, -0.25) is 4.79 Å². The number of rotatable bonds is 7. The summed E-state index contributed by atoms with van der Waals surface area (Å²) in [6, 6.07) is 12.6. The van der Waals surface area contributed by atoms with Crippen LogP contribution in [-0.2, 0) is 11.2 Å². The average Bonchev–Trinajstić information content (AvgIpc) is 2.48. The van der Waals surface area contributed by atoms with Crippen LogP contribution in [0.4, 0.5) is 10.2 Å². The second-order valence-corrected chi connectivity index (χ2v) is 4.83. The number of pyridine rings is 1. The summed E-state index contributed by atoms with van der Waals surface area (Å²) in [5.74, 6) is -0.685. The molecule has 4 nitrogen and oxygen atoms in total. The predicted octanol–water partition coefficient (Wildman–Crippen LogP) is 3.11. The molecular weight excluding hydrogens is 271 g/mol. The molecule has 21 heavy (non-hydrogen) atoms. The van der Waals surface area contributed by atoms with Gasteiger partial charge in [0, 0.05) is 12.5 Å². The third-order valence-electron chi connectivity index (χ3n) is 3.11. The van der Waals surface area contributed by atoms with Crippen molar-refractivity contribution in [2.45, 2.75) is 25.3 Å². The van der Waals surface area contributed by atoms with E-state index < -0.39 is 11.8 Å². The number of carboxylic acid groups (broad SMARTS) is 1. The van der Waals surface area contributed by atoms with Crippen molar-refractivity contribution in [2.24, 2.45) is 0 Å². The standard InChI is InChI=1S/C16H17FN2O2/c17-13-6-8-15(18-11-13)19-14(7-9-16(20)21)10-12-4-2-1-3-5-12/h1-6,8,11,14H,7,9-10H2,(H,18,19)(H,20,21). The van der Waals surface area contributed by atoms with Crippen molar-refractivity contribution in [3.8, 4) is 0 Å². The van der Waals surface area contributed by atoms with Gasteiger partial charge in [0.25, 0.3) is 0 Å². The van der Waals surface area contributed by atoms with E-state index in [4.69, 9.17) is 5.11 Å². The maximum atomic E-state index is 12.9. The predicted molar refractivity (Wildman–Crippen MR) is 78.6 cm³/mol. The van der Waals surface area contributed by atoms with Crippen LogP contribution in [-0.4, -0.2) is 22.1 Å². The minimum atomic E-state index is -0.832. The van der Waals surface area contributed by atoms with Crippen molar-refractivity contribution >= 4 is 11.8 Å². The third kappa shape index (κ3) is 5.22. The number of nitrogens with one attached hydrogen (secondary N) is 1. The van der Waals surface area contributed by atoms with Crippen molar-refractivity contribution in [3.63, 3.8) is 0 Å². The van der Waals surface area contributed by atoms with Crippen molar-refractivity contribution in [3.05, 3.63) is 60.0 Å². The molecule has 1 unspecified atom stereocenters. The zero-order chi connectivity index (χ0) is 15.1. The molecule has 0 amide bonds. The molecule has 2 aromatic rings. The quantitative estimate of drug-likeness (QED) is 0.821. The summed E-state index contributed by atoms with van der Waals surface area (Å²) in [6.45, 7) is 0. The largest absolute Gasteiger partial charge is 0.481 e. The van der Waals surface area contributed by atoms with Crippen LogP contribution in [0, 0.1) is 5.82 Å². The van der Waals surface area contributed by atoms with Gasteiger partial charge in [-0.25, -0.2) is 9.37 Å². The molecule has 0 saturated carbocycles. The molecule has 5 heteroatoms. The van der Waals surface area contributed by atoms with Gasteiger partial charge in [-0.1, -0.05) is 30.3 Å². The van der Waals surface area contributed by atoms with Crippen molar-refractivity contribution in [2.75, 3.05) is 5.32 Å². The first-order valence-corrected chi connectivity index (χ1v) is 6.77. The molecule has 0 spiro atoms. The van der Waals surface area contributed by atoms with Gasteiger partial charge in [0.05, 0.1) is 6.20 Å². The highest BCUT2D eigenvalue weighted by molar-refractivity contribution is 5.66. The van der Waals surface area contributed by atoms with E-state index in [0.29, 0.717) is 18.7 Å². The van der Waals surface area contributed by atoms with Crippen LogP contribution >= 0.6 is 0 Å². The van der Waals surface area contributed by atoms with Crippen LogP contribution in [0.3, 0.4) is 0 Å². The number of carboxylic acids is 1. The van der Waals surface area contributed by atoms with Gasteiger partial charge < -0.3 is 10.4 Å². The molecule has 1 atom stereocenters. The summed E-state index contributed by atoms with van der Waals surface area (Å²) in [7, 11) is 0. The number of aliphatic carboxylic acids is 1. The first-order valence-electron chi connectivity index (χ1n) is 6.77. The SMILES string of the molecule is O=C(O)CCC(Cc1ccccc1)Nc1ccc(F)cn1. The molecule has 0 aliphatic heterocycles. The maximum absolute atomic E-state index is 12.9. The lowest BCUT2D eigenvalue weighted by Gasteiger charge is -2.18. The van der Waals surface area contributed by atoms with E-state index in [9.17, 15) is 9.18 Å². The van der Waals surface area contributed by atoms with Crippen LogP contribution < -0.4 is 5.32 Å². The fourth-order valence-electron chi connectivity index (χ4n) is 2.09. The van der Waals surface area contributed by atoms with E-state index in [2.05, 4.69) is 10.3 Å². The van der Waals surface area contributed by atoms with Crippen molar-refractivity contribution < 1.29 is 14.3 Å². The third-order valence-corrected chi connectivity index (χ3v) is 3.11. The van der Waals surface area contributed by atoms with Gasteiger partial charge in [-0.05, 0) is 30.5 Å². The molecule has 2 rings (SSSR count). The van der Waals surface area contributed by atoms with Gasteiger partial charge in [-0.2, -0.15) is 0 Å². The number of hydrogen-bond donors (Lipinski definition) is 2. The molecule has 0 aliphatic rings. The fraction of sp³-hybridized carbons (Fsp3) is 0.250. The monoisotopic (exact) mass is 288 g/mol. The zero-order valence-electron chi connectivity index (χ0n) is 11.5. The summed E-state index contributed by atoms with van der Waals surface area (Å²) >= 11 is 0. The normalized spacial score (nSPS) is 11.9. The van der Waals surface area contributed by atoms with Crippen LogP contribution in [0.1, 0.15) is 18.4 Å². The Hall–Kier alpha value is -2.43. The van der Waals surface area contributed by atoms with E-state index in [1.807, 2.05) is 30.3 Å². The van der Waals surface area contributed by atoms with Gasteiger partial charge in [-0.15, -0.1) is 0 Å². The van der Waals surface area contributed by atoms with Crippen LogP contribution in [0.2, 0.25) is 0 Å². The van der Waals surface area contributed by atoms with Crippen LogP contribution in [0.25, 0.3) is 0 Å². The smallest absolute Gasteiger partial charge is 0.303 e. The average molecular weight is 288 g/mol. The molecule has 0 bridgehead atoms. The molecule has 0 radical (unpaired) electrons. The van der Waals surface area contributed by atoms with Crippen molar-refractivity contribution in [1.82, 2.24) is 4.98 Å². The van der Waals surface area contributed by atoms with Gasteiger partial charge in [0.2, 0.25) is 0 Å². The molecule has 0 fully saturated rings. The summed E-state index contributed by atoms with van der Waals surface area (Å²) in [6.07, 6.45) is 2.38. The topological polar surface area (TPSA) is 62.2 Å². The molecule has 1 aromatic heterocycles. The van der Waals surface area contributed by atoms with Gasteiger partial charge in [0.15, 0.2) is 0 Å². The second-order valence-electron chi connectivity index (χ2n) is 4.83. The molecule has 1 aromatic carbocycles. The number of benzene rings is 1. The second kappa shape index (κ2) is 7.38. The first-order chi connectivity index (χ1) is 10.1. The van der Waals surface area contributed by atoms with E-state index in [1.165, 1.54) is 6.07 Å². The lowest BCUT2D eigenvalue weighted by Crippen LogP contribution is -2.24. The number of hydrogen-bond acceptors (Lipinski definition) is 3. The fourth-order valence-corrected chi connectivity index (χ4v) is 2.09. The summed E-state index contributed by atoms with van der Waals surface area (Å²) in [5.41, 5.74) is 1.11. The Balaban J connectivity index is 2.04. The zero-order valence-corrected chi connectivity index (χ0v) is 11.5. The lowest BCUT2D eigenvalue weighted by molar-refractivity contribution is -0.137. The summed E-state index contributed by atoms with van der Waals surface area (Å²) < 4.78 is 12.9. The summed E-state index contributed by atoms with van der Waals surface area (Å²) in [4.78, 5) is 14.7. The highest BCUT2D eigenvalue weighted by atomic mass is 19.1. The van der Waals surface area contributed by atoms with E-state index in [1.54, 1.807) is 6.07 Å². The minimum absolute atomic E-state index is 0.0681. The molecular formula is C16H17FN2O2. The highest BCUT2D eigenvalue weighted by Gasteiger charge is 2.12.